The molecule has 0 saturated heterocycles. The molecule has 0 aliphatic carbocycles. The van der Waals surface area contributed by atoms with E-state index in [1.165, 1.54) is 0 Å². The summed E-state index contributed by atoms with van der Waals surface area (Å²) in [7, 11) is 0. The predicted octanol–water partition coefficient (Wildman–Crippen LogP) is 3.31. The SMILES string of the molecule is CCN(CC)c1ccc(/C(C#N)=C(\C#N)C=C(C#N)C#N)cc1. The first-order chi connectivity index (χ1) is 11.1. The van der Waals surface area contributed by atoms with E-state index < -0.39 is 0 Å². The van der Waals surface area contributed by atoms with Gasteiger partial charge >= 0.3 is 0 Å². The normalized spacial score (nSPS) is 10.2. The highest BCUT2D eigenvalue weighted by atomic mass is 15.1. The Bertz CT molecular complexity index is 766. The number of rotatable bonds is 5. The van der Waals surface area contributed by atoms with Gasteiger partial charge in [0.2, 0.25) is 0 Å². The molecule has 1 aromatic carbocycles. The van der Waals surface area contributed by atoms with Gasteiger partial charge < -0.3 is 4.90 Å². The molecule has 5 nitrogen and oxygen atoms in total. The van der Waals surface area contributed by atoms with E-state index >= 15 is 0 Å². The third-order valence-electron chi connectivity index (χ3n) is 3.32. The van der Waals surface area contributed by atoms with Gasteiger partial charge in [-0.3, -0.25) is 0 Å². The number of nitriles is 4. The van der Waals surface area contributed by atoms with Gasteiger partial charge in [-0.2, -0.15) is 21.0 Å². The van der Waals surface area contributed by atoms with E-state index in [0.717, 1.165) is 24.9 Å². The van der Waals surface area contributed by atoms with Crippen molar-refractivity contribution >= 4 is 11.3 Å². The molecule has 0 aliphatic rings. The van der Waals surface area contributed by atoms with E-state index in [-0.39, 0.29) is 16.7 Å². The fourth-order valence-corrected chi connectivity index (χ4v) is 2.10. The summed E-state index contributed by atoms with van der Waals surface area (Å²) >= 11 is 0. The van der Waals surface area contributed by atoms with Gasteiger partial charge in [-0.25, -0.2) is 0 Å². The average Bonchev–Trinajstić information content (AvgIpc) is 2.60. The third kappa shape index (κ3) is 4.21. The molecule has 1 rings (SSSR count). The van der Waals surface area contributed by atoms with E-state index in [2.05, 4.69) is 18.7 Å². The lowest BCUT2D eigenvalue weighted by atomic mass is 10.00. The zero-order valence-electron chi connectivity index (χ0n) is 13.0. The lowest BCUT2D eigenvalue weighted by molar-refractivity contribution is 0.866. The maximum Gasteiger partial charge on any atom is 0.131 e. The number of benzene rings is 1. The van der Waals surface area contributed by atoms with Gasteiger partial charge in [0.15, 0.2) is 0 Å². The number of hydrogen-bond acceptors (Lipinski definition) is 5. The highest BCUT2D eigenvalue weighted by Gasteiger charge is 2.10. The summed E-state index contributed by atoms with van der Waals surface area (Å²) in [6, 6.07) is 14.5. The third-order valence-corrected chi connectivity index (χ3v) is 3.32. The number of allylic oxidation sites excluding steroid dienone is 4. The van der Waals surface area contributed by atoms with Crippen LogP contribution >= 0.6 is 0 Å². The molecule has 0 amide bonds. The monoisotopic (exact) mass is 301 g/mol. The topological polar surface area (TPSA) is 98.4 Å². The highest BCUT2D eigenvalue weighted by molar-refractivity contribution is 5.84. The second kappa shape index (κ2) is 8.68. The van der Waals surface area contributed by atoms with Gasteiger partial charge in [-0.1, -0.05) is 12.1 Å². The fraction of sp³-hybridized carbons (Fsp3) is 0.222. The molecule has 0 fully saturated rings. The predicted molar refractivity (Wildman–Crippen MR) is 87.5 cm³/mol. The zero-order valence-corrected chi connectivity index (χ0v) is 13.0. The molecule has 0 saturated carbocycles. The summed E-state index contributed by atoms with van der Waals surface area (Å²) in [5.41, 5.74) is 1.53. The molecule has 0 spiro atoms. The van der Waals surface area contributed by atoms with Crippen LogP contribution < -0.4 is 4.90 Å². The van der Waals surface area contributed by atoms with Gasteiger partial charge in [0, 0.05) is 18.8 Å². The molecular weight excluding hydrogens is 286 g/mol. The van der Waals surface area contributed by atoms with Crippen LogP contribution in [0.3, 0.4) is 0 Å². The van der Waals surface area contributed by atoms with Gasteiger partial charge in [0.25, 0.3) is 0 Å². The summed E-state index contributed by atoms with van der Waals surface area (Å²) in [4.78, 5) is 2.16. The van der Waals surface area contributed by atoms with Crippen molar-refractivity contribution in [3.8, 4) is 24.3 Å². The summed E-state index contributed by atoms with van der Waals surface area (Å²) in [5.74, 6) is 0. The van der Waals surface area contributed by atoms with Gasteiger partial charge in [0.1, 0.15) is 29.8 Å². The smallest absolute Gasteiger partial charge is 0.131 e. The van der Waals surface area contributed by atoms with Gasteiger partial charge in [-0.05, 0) is 37.6 Å². The first kappa shape index (κ1) is 17.5. The molecule has 0 atom stereocenters. The lowest BCUT2D eigenvalue weighted by Gasteiger charge is -2.21. The van der Waals surface area contributed by atoms with E-state index in [0.29, 0.717) is 5.56 Å². The Balaban J connectivity index is 3.36. The molecule has 1 aromatic rings. The molecule has 0 bridgehead atoms. The largest absolute Gasteiger partial charge is 0.372 e. The lowest BCUT2D eigenvalue weighted by Crippen LogP contribution is -2.21. The second-order valence-electron chi connectivity index (χ2n) is 4.51. The van der Waals surface area contributed by atoms with Crippen molar-refractivity contribution in [2.24, 2.45) is 0 Å². The van der Waals surface area contributed by atoms with Crippen LogP contribution in [0.5, 0.6) is 0 Å². The number of anilines is 1. The van der Waals surface area contributed by atoms with Crippen LogP contribution in [0, 0.1) is 45.3 Å². The van der Waals surface area contributed by atoms with E-state index in [1.807, 2.05) is 24.3 Å². The second-order valence-corrected chi connectivity index (χ2v) is 4.51. The van der Waals surface area contributed by atoms with Crippen molar-refractivity contribution in [1.82, 2.24) is 0 Å². The first-order valence-electron chi connectivity index (χ1n) is 7.06. The minimum absolute atomic E-state index is 0.00110. The maximum atomic E-state index is 9.35. The molecule has 0 unspecified atom stereocenters. The fourth-order valence-electron chi connectivity index (χ4n) is 2.10. The summed E-state index contributed by atoms with van der Waals surface area (Å²) in [6.45, 7) is 5.86. The van der Waals surface area contributed by atoms with Crippen molar-refractivity contribution < 1.29 is 0 Å². The standard InChI is InChI=1S/C18H15N5/c1-3-23(4-2)17-7-5-15(6-8-17)18(13-22)16(12-21)9-14(10-19)11-20/h5-9H,3-4H2,1-2H3/b18-16-. The quantitative estimate of drug-likeness (QED) is 0.613. The van der Waals surface area contributed by atoms with Crippen LogP contribution in [0.2, 0.25) is 0 Å². The van der Waals surface area contributed by atoms with Crippen molar-refractivity contribution in [3.05, 3.63) is 47.1 Å². The Morgan fingerprint density at radius 2 is 1.48 bits per heavy atom. The van der Waals surface area contributed by atoms with Crippen molar-refractivity contribution in [1.29, 1.82) is 21.0 Å². The van der Waals surface area contributed by atoms with Gasteiger partial charge in [-0.15, -0.1) is 0 Å². The minimum atomic E-state index is -0.214. The van der Waals surface area contributed by atoms with Crippen LogP contribution in [-0.4, -0.2) is 13.1 Å². The van der Waals surface area contributed by atoms with Crippen molar-refractivity contribution in [3.63, 3.8) is 0 Å². The first-order valence-corrected chi connectivity index (χ1v) is 7.06. The van der Waals surface area contributed by atoms with Crippen molar-refractivity contribution in [2.75, 3.05) is 18.0 Å². The molecule has 0 N–H and O–H groups in total. The highest BCUT2D eigenvalue weighted by Crippen LogP contribution is 2.23. The van der Waals surface area contributed by atoms with Crippen LogP contribution in [0.1, 0.15) is 19.4 Å². The van der Waals surface area contributed by atoms with E-state index in [4.69, 9.17) is 10.5 Å². The minimum Gasteiger partial charge on any atom is -0.372 e. The number of nitrogens with zero attached hydrogens (tertiary/aromatic N) is 5. The molecule has 0 heterocycles. The molecule has 0 aromatic heterocycles. The maximum absolute atomic E-state index is 9.35. The molecule has 112 valence electrons. The van der Waals surface area contributed by atoms with E-state index in [9.17, 15) is 10.5 Å². The Morgan fingerprint density at radius 1 is 0.913 bits per heavy atom. The van der Waals surface area contributed by atoms with Crippen LogP contribution in [0.15, 0.2) is 41.5 Å². The van der Waals surface area contributed by atoms with Crippen LogP contribution in [0.25, 0.3) is 5.57 Å². The molecule has 23 heavy (non-hydrogen) atoms. The van der Waals surface area contributed by atoms with Crippen LogP contribution in [-0.2, 0) is 0 Å². The average molecular weight is 301 g/mol. The summed E-state index contributed by atoms with van der Waals surface area (Å²) < 4.78 is 0. The Kier molecular flexibility index (Phi) is 6.61. The summed E-state index contributed by atoms with van der Waals surface area (Å²) in [6.07, 6.45) is 1.14. The molecule has 5 heteroatoms. The zero-order chi connectivity index (χ0) is 17.2. The Hall–Kier alpha value is -3.54. The molecular formula is C18H15N5. The Morgan fingerprint density at radius 3 is 1.87 bits per heavy atom. The molecule has 0 radical (unpaired) electrons. The molecule has 0 aliphatic heterocycles. The Labute approximate surface area is 136 Å². The van der Waals surface area contributed by atoms with Gasteiger partial charge in [0.05, 0.1) is 11.1 Å². The summed E-state index contributed by atoms with van der Waals surface area (Å²) in [5, 5.41) is 36.1. The van der Waals surface area contributed by atoms with Crippen LogP contribution in [0.4, 0.5) is 5.69 Å². The van der Waals surface area contributed by atoms with Crippen molar-refractivity contribution in [2.45, 2.75) is 13.8 Å². The number of hydrogen-bond donors (Lipinski definition) is 0. The van der Waals surface area contributed by atoms with E-state index in [1.54, 1.807) is 24.3 Å².